The Bertz CT molecular complexity index is 782. The van der Waals surface area contributed by atoms with E-state index in [0.29, 0.717) is 18.5 Å². The van der Waals surface area contributed by atoms with E-state index in [2.05, 4.69) is 10.9 Å². The van der Waals surface area contributed by atoms with E-state index in [0.717, 1.165) is 0 Å². The van der Waals surface area contributed by atoms with Crippen LogP contribution in [0.3, 0.4) is 0 Å². The summed E-state index contributed by atoms with van der Waals surface area (Å²) in [6.07, 6.45) is 2.48. The van der Waals surface area contributed by atoms with Crippen molar-refractivity contribution in [2.75, 3.05) is 0 Å². The second-order valence-corrected chi connectivity index (χ2v) is 7.80. The third-order valence-corrected chi connectivity index (χ3v) is 4.40. The summed E-state index contributed by atoms with van der Waals surface area (Å²) in [6.45, 7) is 3.91. The van der Waals surface area contributed by atoms with Crippen LogP contribution in [0.25, 0.3) is 0 Å². The van der Waals surface area contributed by atoms with E-state index in [4.69, 9.17) is 5.14 Å². The Hall–Kier alpha value is -2.19. The van der Waals surface area contributed by atoms with Crippen molar-refractivity contribution in [2.24, 2.45) is 10.6 Å². The zero-order valence-corrected chi connectivity index (χ0v) is 13.7. The van der Waals surface area contributed by atoms with Gasteiger partial charge in [0.05, 0.1) is 10.5 Å². The van der Waals surface area contributed by atoms with E-state index in [1.807, 2.05) is 13.8 Å². The van der Waals surface area contributed by atoms with Crippen LogP contribution in [0, 0.1) is 5.41 Å². The van der Waals surface area contributed by atoms with Gasteiger partial charge < -0.3 is 5.43 Å². The van der Waals surface area contributed by atoms with Crippen LogP contribution in [-0.4, -0.2) is 20.1 Å². The first kappa shape index (κ1) is 17.2. The summed E-state index contributed by atoms with van der Waals surface area (Å²) in [7, 11) is -4.01. The molecule has 1 aromatic rings. The Morgan fingerprint density at radius 1 is 1.22 bits per heavy atom. The number of amides is 1. The number of benzene rings is 1. The first-order valence-corrected chi connectivity index (χ1v) is 8.55. The first-order chi connectivity index (χ1) is 10.6. The van der Waals surface area contributed by atoms with Crippen LogP contribution >= 0.6 is 0 Å². The maximum atomic E-state index is 12.2. The van der Waals surface area contributed by atoms with Crippen LogP contribution in [0.2, 0.25) is 0 Å². The maximum Gasteiger partial charge on any atom is 0.270 e. The van der Waals surface area contributed by atoms with E-state index in [9.17, 15) is 18.0 Å². The van der Waals surface area contributed by atoms with Gasteiger partial charge in [0.2, 0.25) is 10.0 Å². The van der Waals surface area contributed by atoms with Gasteiger partial charge in [-0.05, 0) is 24.0 Å². The largest absolute Gasteiger partial charge is 0.302 e. The number of primary sulfonamides is 1. The highest BCUT2D eigenvalue weighted by Crippen LogP contribution is 2.32. The molecule has 0 bridgehead atoms. The zero-order chi connectivity index (χ0) is 17.3. The predicted molar refractivity (Wildman–Crippen MR) is 84.5 cm³/mol. The fraction of sp³-hybridized carbons (Fsp3) is 0.333. The van der Waals surface area contributed by atoms with Crippen LogP contribution in [0.1, 0.15) is 37.0 Å². The highest BCUT2D eigenvalue weighted by molar-refractivity contribution is 7.89. The fourth-order valence-electron chi connectivity index (χ4n) is 2.53. The number of carbonyl (C=O) groups is 2. The van der Waals surface area contributed by atoms with E-state index >= 15 is 0 Å². The van der Waals surface area contributed by atoms with Gasteiger partial charge in [0.15, 0.2) is 5.78 Å². The van der Waals surface area contributed by atoms with Crippen molar-refractivity contribution in [2.45, 2.75) is 31.6 Å². The summed E-state index contributed by atoms with van der Waals surface area (Å²) in [5, 5.41) is 5.10. The molecule has 0 fully saturated rings. The lowest BCUT2D eigenvalue weighted by atomic mass is 9.79. The van der Waals surface area contributed by atoms with Crippen molar-refractivity contribution in [1.82, 2.24) is 10.9 Å². The summed E-state index contributed by atoms with van der Waals surface area (Å²) in [5.41, 5.74) is 5.41. The number of hydrogen-bond donors (Lipinski definition) is 3. The minimum atomic E-state index is -4.01. The molecule has 23 heavy (non-hydrogen) atoms. The van der Waals surface area contributed by atoms with E-state index < -0.39 is 15.9 Å². The molecule has 1 amide bonds. The van der Waals surface area contributed by atoms with Crippen molar-refractivity contribution in [1.29, 1.82) is 0 Å². The molecule has 2 rings (SSSR count). The monoisotopic (exact) mass is 337 g/mol. The van der Waals surface area contributed by atoms with Gasteiger partial charge in [-0.25, -0.2) is 13.6 Å². The summed E-state index contributed by atoms with van der Waals surface area (Å²) < 4.78 is 23.0. The third-order valence-electron chi connectivity index (χ3n) is 3.43. The van der Waals surface area contributed by atoms with Gasteiger partial charge in [-0.2, -0.15) is 0 Å². The smallest absolute Gasteiger partial charge is 0.270 e. The number of hydrogen-bond acceptors (Lipinski definition) is 5. The number of sulfonamides is 1. The van der Waals surface area contributed by atoms with Gasteiger partial charge >= 0.3 is 0 Å². The molecule has 7 nitrogen and oxygen atoms in total. The molecule has 1 aromatic carbocycles. The normalized spacial score (nSPS) is 17.3. The number of nitrogens with two attached hydrogens (primary N) is 1. The summed E-state index contributed by atoms with van der Waals surface area (Å²) in [6, 6.07) is 5.64. The topological polar surface area (TPSA) is 118 Å². The molecule has 0 spiro atoms. The van der Waals surface area contributed by atoms with Crippen molar-refractivity contribution in [3.05, 3.63) is 41.6 Å². The molecule has 0 atom stereocenters. The number of rotatable bonds is 4. The Morgan fingerprint density at radius 2 is 1.87 bits per heavy atom. The van der Waals surface area contributed by atoms with Crippen LogP contribution in [0.15, 0.2) is 40.9 Å². The molecule has 0 heterocycles. The number of carbonyl (C=O) groups excluding carboxylic acids is 2. The van der Waals surface area contributed by atoms with Gasteiger partial charge in [0.1, 0.15) is 0 Å². The molecule has 4 N–H and O–H groups in total. The lowest BCUT2D eigenvalue weighted by molar-refractivity contribution is -0.117. The first-order valence-electron chi connectivity index (χ1n) is 7.00. The second kappa shape index (κ2) is 6.13. The number of hydrazine groups is 1. The van der Waals surface area contributed by atoms with Crippen molar-refractivity contribution >= 4 is 21.7 Å². The molecule has 0 aliphatic heterocycles. The van der Waals surface area contributed by atoms with Crippen LogP contribution in [0.4, 0.5) is 0 Å². The van der Waals surface area contributed by atoms with Gasteiger partial charge in [-0.1, -0.05) is 26.0 Å². The standard InChI is InChI=1S/C15H19N3O4S/c1-15(2)8-10(7-11(19)9-15)17-18-14(20)12-5-3-4-6-13(12)23(16,21)22/h3-7,17H,8-9H2,1-2H3,(H,18,20)(H2,16,21,22). The molecule has 0 aromatic heterocycles. The van der Waals surface area contributed by atoms with E-state index in [1.54, 1.807) is 0 Å². The average molecular weight is 337 g/mol. The predicted octanol–water partition coefficient (Wildman–Crippen LogP) is 0.841. The number of allylic oxidation sites excluding steroid dienone is 2. The second-order valence-electron chi connectivity index (χ2n) is 6.27. The lowest BCUT2D eigenvalue weighted by Gasteiger charge is -2.29. The highest BCUT2D eigenvalue weighted by atomic mass is 32.2. The SMILES string of the molecule is CC1(C)CC(=O)C=C(NNC(=O)c2ccccc2S(N)(=O)=O)C1. The van der Waals surface area contributed by atoms with Crippen molar-refractivity contribution in [3.8, 4) is 0 Å². The van der Waals surface area contributed by atoms with Crippen molar-refractivity contribution in [3.63, 3.8) is 0 Å². The van der Waals surface area contributed by atoms with Crippen LogP contribution in [-0.2, 0) is 14.8 Å². The fourth-order valence-corrected chi connectivity index (χ4v) is 3.27. The summed E-state index contributed by atoms with van der Waals surface area (Å²) >= 11 is 0. The van der Waals surface area contributed by atoms with Gasteiger partial charge in [-0.3, -0.25) is 15.0 Å². The van der Waals surface area contributed by atoms with Crippen LogP contribution < -0.4 is 16.0 Å². The van der Waals surface area contributed by atoms with Crippen LogP contribution in [0.5, 0.6) is 0 Å². The van der Waals surface area contributed by atoms with Gasteiger partial charge in [-0.15, -0.1) is 0 Å². The number of ketones is 1. The quantitative estimate of drug-likeness (QED) is 0.704. The zero-order valence-electron chi connectivity index (χ0n) is 12.9. The molecule has 0 saturated carbocycles. The minimum Gasteiger partial charge on any atom is -0.302 e. The number of nitrogens with one attached hydrogen (secondary N) is 2. The molecule has 1 aliphatic carbocycles. The average Bonchev–Trinajstić information content (AvgIpc) is 2.41. The molecule has 0 unspecified atom stereocenters. The van der Waals surface area contributed by atoms with E-state index in [-0.39, 0.29) is 21.7 Å². The van der Waals surface area contributed by atoms with E-state index in [1.165, 1.54) is 30.3 Å². The Balaban J connectivity index is 2.14. The maximum absolute atomic E-state index is 12.2. The molecule has 8 heteroatoms. The molecule has 1 aliphatic rings. The summed E-state index contributed by atoms with van der Waals surface area (Å²) in [5.74, 6) is -0.672. The van der Waals surface area contributed by atoms with Crippen molar-refractivity contribution < 1.29 is 18.0 Å². The van der Waals surface area contributed by atoms with Gasteiger partial charge in [0, 0.05) is 18.2 Å². The molecule has 0 radical (unpaired) electrons. The van der Waals surface area contributed by atoms with Gasteiger partial charge in [0.25, 0.3) is 5.91 Å². The minimum absolute atomic E-state index is 0.0251. The molecule has 0 saturated heterocycles. The molecular weight excluding hydrogens is 318 g/mol. The summed E-state index contributed by atoms with van der Waals surface area (Å²) in [4.78, 5) is 23.6. The Labute approximate surface area is 135 Å². The Morgan fingerprint density at radius 3 is 2.48 bits per heavy atom. The molecule has 124 valence electrons. The lowest BCUT2D eigenvalue weighted by Crippen LogP contribution is -2.40. The molecular formula is C15H19N3O4S. The highest BCUT2D eigenvalue weighted by Gasteiger charge is 2.28. The Kier molecular flexibility index (Phi) is 4.58. The third kappa shape index (κ3) is 4.40.